The van der Waals surface area contributed by atoms with Gasteiger partial charge in [0.2, 0.25) is 0 Å². The summed E-state index contributed by atoms with van der Waals surface area (Å²) < 4.78 is 6.84. The molecule has 1 aromatic carbocycles. The van der Waals surface area contributed by atoms with Crippen molar-refractivity contribution in [3.05, 3.63) is 40.2 Å². The van der Waals surface area contributed by atoms with Crippen LogP contribution in [0, 0.1) is 10.1 Å². The molecule has 0 atom stereocenters. The first-order valence-electron chi connectivity index (χ1n) is 5.89. The fraction of sp³-hybridized carbons (Fsp3) is 0.333. The maximum atomic E-state index is 10.8. The number of nitro benzene ring substituents is 1. The summed E-state index contributed by atoms with van der Waals surface area (Å²) in [4.78, 5) is 10.4. The van der Waals surface area contributed by atoms with Gasteiger partial charge in [-0.15, -0.1) is 21.8 Å². The van der Waals surface area contributed by atoms with Crippen molar-refractivity contribution in [2.75, 3.05) is 13.7 Å². The maximum absolute atomic E-state index is 10.8. The molecule has 0 saturated carbocycles. The van der Waals surface area contributed by atoms with E-state index in [1.54, 1.807) is 23.8 Å². The van der Waals surface area contributed by atoms with Gasteiger partial charge in [0, 0.05) is 31.4 Å². The molecule has 0 aliphatic carbocycles. The monoisotopic (exact) mass is 296 g/mol. The quantitative estimate of drug-likeness (QED) is 0.464. The third-order valence-electron chi connectivity index (χ3n) is 2.78. The average molecular weight is 297 g/mol. The molecule has 0 spiro atoms. The van der Waals surface area contributed by atoms with Gasteiger partial charge in [0.05, 0.1) is 17.4 Å². The lowest BCUT2D eigenvalue weighted by Gasteiger charge is -2.08. The van der Waals surface area contributed by atoms with Gasteiger partial charge >= 0.3 is 0 Å². The average Bonchev–Trinajstić information content (AvgIpc) is 2.88. The van der Waals surface area contributed by atoms with Crippen molar-refractivity contribution in [1.82, 2.24) is 14.8 Å². The predicted molar refractivity (Wildman–Crippen MR) is 73.5 cm³/mol. The van der Waals surface area contributed by atoms with E-state index in [4.69, 9.17) is 16.3 Å². The van der Waals surface area contributed by atoms with E-state index in [0.717, 1.165) is 0 Å². The second-order valence-corrected chi connectivity index (χ2v) is 4.29. The van der Waals surface area contributed by atoms with Gasteiger partial charge in [-0.1, -0.05) is 12.1 Å². The van der Waals surface area contributed by atoms with Crippen LogP contribution < -0.4 is 0 Å². The first kappa shape index (κ1) is 14.4. The van der Waals surface area contributed by atoms with Crippen LogP contribution in [-0.4, -0.2) is 33.4 Å². The van der Waals surface area contributed by atoms with Gasteiger partial charge < -0.3 is 9.30 Å². The van der Waals surface area contributed by atoms with Gasteiger partial charge in [0.1, 0.15) is 5.82 Å². The maximum Gasteiger partial charge on any atom is 0.270 e. The van der Waals surface area contributed by atoms with E-state index in [9.17, 15) is 10.1 Å². The van der Waals surface area contributed by atoms with E-state index in [1.807, 2.05) is 0 Å². The molecular formula is C12H13ClN4O3. The number of nitro groups is 1. The number of halogens is 1. The number of methoxy groups -OCH3 is 1. The van der Waals surface area contributed by atoms with Crippen molar-refractivity contribution in [2.24, 2.45) is 0 Å². The second kappa shape index (κ2) is 6.44. The van der Waals surface area contributed by atoms with Gasteiger partial charge in [-0.3, -0.25) is 10.1 Å². The Bertz CT molecular complexity index is 614. The van der Waals surface area contributed by atoms with Crippen LogP contribution in [0.15, 0.2) is 24.3 Å². The molecule has 2 rings (SSSR count). The number of aromatic nitrogens is 3. The topological polar surface area (TPSA) is 83.1 Å². The molecule has 2 aromatic rings. The first-order valence-corrected chi connectivity index (χ1v) is 6.42. The summed E-state index contributed by atoms with van der Waals surface area (Å²) in [7, 11) is 1.59. The highest BCUT2D eigenvalue weighted by atomic mass is 35.5. The summed E-state index contributed by atoms with van der Waals surface area (Å²) in [6.45, 7) is 1.01. The summed E-state index contributed by atoms with van der Waals surface area (Å²) in [5, 5.41) is 18.9. The molecule has 0 amide bonds. The van der Waals surface area contributed by atoms with E-state index in [2.05, 4.69) is 10.2 Å². The molecular weight excluding hydrogens is 284 g/mol. The largest absolute Gasteiger partial charge is 0.383 e. The number of benzene rings is 1. The summed E-state index contributed by atoms with van der Waals surface area (Å²) in [5.41, 5.74) is 0.635. The van der Waals surface area contributed by atoms with Gasteiger partial charge in [0.25, 0.3) is 5.69 Å². The Hall–Kier alpha value is -1.99. The second-order valence-electron chi connectivity index (χ2n) is 4.03. The van der Waals surface area contributed by atoms with E-state index >= 15 is 0 Å². The SMILES string of the molecule is COCCn1c(CCl)nnc1-c1cccc([N+](=O)[O-])c1. The fourth-order valence-corrected chi connectivity index (χ4v) is 2.02. The van der Waals surface area contributed by atoms with Crippen molar-refractivity contribution in [1.29, 1.82) is 0 Å². The minimum absolute atomic E-state index is 0.0104. The molecule has 0 saturated heterocycles. The van der Waals surface area contributed by atoms with Gasteiger partial charge in [-0.2, -0.15) is 0 Å². The van der Waals surface area contributed by atoms with Crippen LogP contribution in [0.25, 0.3) is 11.4 Å². The van der Waals surface area contributed by atoms with Crippen LogP contribution in [0.1, 0.15) is 5.82 Å². The highest BCUT2D eigenvalue weighted by Gasteiger charge is 2.15. The third-order valence-corrected chi connectivity index (χ3v) is 3.02. The molecule has 0 aliphatic rings. The summed E-state index contributed by atoms with van der Waals surface area (Å²) in [6.07, 6.45) is 0. The number of rotatable bonds is 6. The molecule has 0 radical (unpaired) electrons. The number of non-ortho nitro benzene ring substituents is 1. The van der Waals surface area contributed by atoms with Crippen LogP contribution in [0.5, 0.6) is 0 Å². The zero-order valence-electron chi connectivity index (χ0n) is 10.8. The van der Waals surface area contributed by atoms with Crippen LogP contribution in [0.4, 0.5) is 5.69 Å². The number of ether oxygens (including phenoxy) is 1. The Balaban J connectivity index is 2.43. The van der Waals surface area contributed by atoms with E-state index in [0.29, 0.717) is 30.4 Å². The normalized spacial score (nSPS) is 10.7. The number of hydrogen-bond donors (Lipinski definition) is 0. The molecule has 7 nitrogen and oxygen atoms in total. The van der Waals surface area contributed by atoms with E-state index in [-0.39, 0.29) is 11.6 Å². The zero-order chi connectivity index (χ0) is 14.5. The lowest BCUT2D eigenvalue weighted by Crippen LogP contribution is -2.09. The van der Waals surface area contributed by atoms with Crippen molar-refractivity contribution in [2.45, 2.75) is 12.4 Å². The third kappa shape index (κ3) is 2.94. The molecule has 0 aliphatic heterocycles. The Morgan fingerprint density at radius 3 is 2.90 bits per heavy atom. The van der Waals surface area contributed by atoms with Gasteiger partial charge in [-0.25, -0.2) is 0 Å². The highest BCUT2D eigenvalue weighted by molar-refractivity contribution is 6.16. The van der Waals surface area contributed by atoms with Crippen LogP contribution in [-0.2, 0) is 17.2 Å². The summed E-state index contributed by atoms with van der Waals surface area (Å²) in [5.74, 6) is 1.36. The molecule has 0 fully saturated rings. The minimum Gasteiger partial charge on any atom is -0.383 e. The number of hydrogen-bond acceptors (Lipinski definition) is 5. The Morgan fingerprint density at radius 1 is 1.45 bits per heavy atom. The molecule has 0 bridgehead atoms. The molecule has 106 valence electrons. The molecule has 1 heterocycles. The lowest BCUT2D eigenvalue weighted by atomic mass is 10.2. The van der Waals surface area contributed by atoms with E-state index < -0.39 is 4.92 Å². The van der Waals surface area contributed by atoms with E-state index in [1.165, 1.54) is 12.1 Å². The van der Waals surface area contributed by atoms with Crippen LogP contribution >= 0.6 is 11.6 Å². The summed E-state index contributed by atoms with van der Waals surface area (Å²) in [6, 6.07) is 6.26. The van der Waals surface area contributed by atoms with Crippen molar-refractivity contribution in [3.8, 4) is 11.4 Å². The Morgan fingerprint density at radius 2 is 2.25 bits per heavy atom. The van der Waals surface area contributed by atoms with Crippen molar-refractivity contribution >= 4 is 17.3 Å². The fourth-order valence-electron chi connectivity index (χ4n) is 1.82. The van der Waals surface area contributed by atoms with Crippen LogP contribution in [0.3, 0.4) is 0 Å². The number of nitrogens with zero attached hydrogens (tertiary/aromatic N) is 4. The smallest absolute Gasteiger partial charge is 0.270 e. The Kier molecular flexibility index (Phi) is 4.65. The molecule has 20 heavy (non-hydrogen) atoms. The Labute approximate surface area is 120 Å². The minimum atomic E-state index is -0.443. The molecule has 0 unspecified atom stereocenters. The standard InChI is InChI=1S/C12H13ClN4O3/c1-20-6-5-16-11(8-13)14-15-12(16)9-3-2-4-10(7-9)17(18)19/h2-4,7H,5-6,8H2,1H3. The zero-order valence-corrected chi connectivity index (χ0v) is 11.6. The van der Waals surface area contributed by atoms with Crippen molar-refractivity contribution in [3.63, 3.8) is 0 Å². The number of alkyl halides is 1. The lowest BCUT2D eigenvalue weighted by molar-refractivity contribution is -0.384. The molecule has 8 heteroatoms. The van der Waals surface area contributed by atoms with Crippen molar-refractivity contribution < 1.29 is 9.66 Å². The van der Waals surface area contributed by atoms with Gasteiger partial charge in [0.15, 0.2) is 5.82 Å². The predicted octanol–water partition coefficient (Wildman–Crippen LogP) is 2.24. The first-order chi connectivity index (χ1) is 9.67. The molecule has 1 aromatic heterocycles. The van der Waals surface area contributed by atoms with Crippen LogP contribution in [0.2, 0.25) is 0 Å². The molecule has 0 N–H and O–H groups in total. The van der Waals surface area contributed by atoms with Gasteiger partial charge in [-0.05, 0) is 0 Å². The summed E-state index contributed by atoms with van der Waals surface area (Å²) >= 11 is 5.82. The highest BCUT2D eigenvalue weighted by Crippen LogP contribution is 2.23.